The number of halogens is 1. The van der Waals surface area contributed by atoms with Crippen LogP contribution < -0.4 is 4.74 Å². The number of ether oxygens (including phenoxy) is 1. The second-order valence-corrected chi connectivity index (χ2v) is 7.61. The molecule has 0 atom stereocenters. The number of hydrogen-bond acceptors (Lipinski definition) is 2. The lowest BCUT2D eigenvalue weighted by Crippen LogP contribution is -2.27. The SMILES string of the molecule is CCN(CC)CCOc1ccc(/C(=C(/Br)c2ccccc2)c2ccccc2)cc1. The Balaban J connectivity index is 1.86. The Labute approximate surface area is 183 Å². The molecule has 0 spiro atoms. The van der Waals surface area contributed by atoms with Crippen molar-refractivity contribution in [3.05, 3.63) is 102 Å². The van der Waals surface area contributed by atoms with Crippen molar-refractivity contribution >= 4 is 26.0 Å². The molecule has 3 rings (SSSR count). The third-order valence-corrected chi connectivity index (χ3v) is 5.88. The summed E-state index contributed by atoms with van der Waals surface area (Å²) in [5, 5.41) is 0. The van der Waals surface area contributed by atoms with E-state index in [2.05, 4.69) is 107 Å². The fourth-order valence-electron chi connectivity index (χ4n) is 3.30. The summed E-state index contributed by atoms with van der Waals surface area (Å²) >= 11 is 3.86. The standard InChI is InChI=1S/C26H28BrNO/c1-3-28(4-2)19-20-29-24-17-15-22(16-18-24)25(21-11-7-5-8-12-21)26(27)23-13-9-6-10-14-23/h5-18H,3-4,19-20H2,1-2H3/b26-25+. The topological polar surface area (TPSA) is 12.5 Å². The normalized spacial score (nSPS) is 12.0. The van der Waals surface area contributed by atoms with Crippen LogP contribution in [0.25, 0.3) is 10.1 Å². The molecule has 0 N–H and O–H groups in total. The number of nitrogens with zero attached hydrogens (tertiary/aromatic N) is 1. The zero-order valence-electron chi connectivity index (χ0n) is 17.1. The molecule has 0 bridgehead atoms. The van der Waals surface area contributed by atoms with E-state index >= 15 is 0 Å². The van der Waals surface area contributed by atoms with Gasteiger partial charge in [0, 0.05) is 16.6 Å². The van der Waals surface area contributed by atoms with Gasteiger partial charge in [0.1, 0.15) is 12.4 Å². The first kappa shape index (κ1) is 21.4. The second kappa shape index (κ2) is 11.0. The summed E-state index contributed by atoms with van der Waals surface area (Å²) in [4.78, 5) is 2.36. The quantitative estimate of drug-likeness (QED) is 0.336. The average molecular weight is 450 g/mol. The third kappa shape index (κ3) is 5.81. The summed E-state index contributed by atoms with van der Waals surface area (Å²) in [6.07, 6.45) is 0. The van der Waals surface area contributed by atoms with E-state index in [0.29, 0.717) is 6.61 Å². The number of hydrogen-bond donors (Lipinski definition) is 0. The minimum atomic E-state index is 0.704. The van der Waals surface area contributed by atoms with Gasteiger partial charge in [0.25, 0.3) is 0 Å². The Morgan fingerprint density at radius 2 is 1.24 bits per heavy atom. The van der Waals surface area contributed by atoms with E-state index in [9.17, 15) is 0 Å². The van der Waals surface area contributed by atoms with Gasteiger partial charge in [-0.3, -0.25) is 0 Å². The minimum Gasteiger partial charge on any atom is -0.492 e. The van der Waals surface area contributed by atoms with Gasteiger partial charge in [0.15, 0.2) is 0 Å². The molecule has 0 fully saturated rings. The fourth-order valence-corrected chi connectivity index (χ4v) is 4.03. The van der Waals surface area contributed by atoms with Gasteiger partial charge in [-0.05, 0) is 57.8 Å². The van der Waals surface area contributed by atoms with Crippen molar-refractivity contribution in [2.24, 2.45) is 0 Å². The van der Waals surface area contributed by atoms with E-state index in [1.165, 1.54) is 11.1 Å². The van der Waals surface area contributed by atoms with Gasteiger partial charge < -0.3 is 9.64 Å². The zero-order chi connectivity index (χ0) is 20.5. The highest BCUT2D eigenvalue weighted by Crippen LogP contribution is 2.36. The zero-order valence-corrected chi connectivity index (χ0v) is 18.7. The van der Waals surface area contributed by atoms with Gasteiger partial charge in [-0.2, -0.15) is 0 Å². The van der Waals surface area contributed by atoms with Crippen LogP contribution in [0.15, 0.2) is 84.9 Å². The molecule has 3 aromatic carbocycles. The van der Waals surface area contributed by atoms with Crippen LogP contribution in [0.4, 0.5) is 0 Å². The van der Waals surface area contributed by atoms with Gasteiger partial charge >= 0.3 is 0 Å². The van der Waals surface area contributed by atoms with Crippen molar-refractivity contribution in [1.29, 1.82) is 0 Å². The lowest BCUT2D eigenvalue weighted by molar-refractivity contribution is 0.223. The molecule has 0 aliphatic carbocycles. The molecular weight excluding hydrogens is 422 g/mol. The minimum absolute atomic E-state index is 0.704. The summed E-state index contributed by atoms with van der Waals surface area (Å²) in [7, 11) is 0. The monoisotopic (exact) mass is 449 g/mol. The maximum atomic E-state index is 5.96. The van der Waals surface area contributed by atoms with Gasteiger partial charge in [0.05, 0.1) is 0 Å². The van der Waals surface area contributed by atoms with Crippen LogP contribution in [-0.4, -0.2) is 31.1 Å². The van der Waals surface area contributed by atoms with Crippen molar-refractivity contribution < 1.29 is 4.74 Å². The maximum Gasteiger partial charge on any atom is 0.119 e. The summed E-state index contributed by atoms with van der Waals surface area (Å²) in [5.74, 6) is 0.907. The Kier molecular flexibility index (Phi) is 8.09. The van der Waals surface area contributed by atoms with E-state index in [1.54, 1.807) is 0 Å². The van der Waals surface area contributed by atoms with E-state index < -0.39 is 0 Å². The Hall–Kier alpha value is -2.36. The van der Waals surface area contributed by atoms with E-state index in [1.807, 2.05) is 12.1 Å². The first-order chi connectivity index (χ1) is 14.2. The highest BCUT2D eigenvalue weighted by molar-refractivity contribution is 9.15. The molecule has 150 valence electrons. The molecule has 0 heterocycles. The van der Waals surface area contributed by atoms with Crippen molar-refractivity contribution in [2.45, 2.75) is 13.8 Å². The van der Waals surface area contributed by atoms with Crippen molar-refractivity contribution in [2.75, 3.05) is 26.2 Å². The Morgan fingerprint density at radius 1 is 0.724 bits per heavy atom. The van der Waals surface area contributed by atoms with Crippen LogP contribution in [0.1, 0.15) is 30.5 Å². The third-order valence-electron chi connectivity index (χ3n) is 5.02. The molecule has 0 saturated heterocycles. The summed E-state index contributed by atoms with van der Waals surface area (Å²) < 4.78 is 7.04. The molecule has 0 aliphatic rings. The molecule has 3 heteroatoms. The van der Waals surface area contributed by atoms with Gasteiger partial charge in [-0.1, -0.05) is 86.6 Å². The smallest absolute Gasteiger partial charge is 0.119 e. The number of likely N-dealkylation sites (N-methyl/N-ethyl adjacent to an activating group) is 1. The van der Waals surface area contributed by atoms with Crippen LogP contribution in [0, 0.1) is 0 Å². The van der Waals surface area contributed by atoms with Crippen molar-refractivity contribution in [3.8, 4) is 5.75 Å². The Morgan fingerprint density at radius 3 is 1.79 bits per heavy atom. The van der Waals surface area contributed by atoms with E-state index in [-0.39, 0.29) is 0 Å². The van der Waals surface area contributed by atoms with Crippen LogP contribution in [-0.2, 0) is 0 Å². The molecule has 0 saturated carbocycles. The van der Waals surface area contributed by atoms with Gasteiger partial charge in [-0.15, -0.1) is 0 Å². The largest absolute Gasteiger partial charge is 0.492 e. The summed E-state index contributed by atoms with van der Waals surface area (Å²) in [6.45, 7) is 8.12. The summed E-state index contributed by atoms with van der Waals surface area (Å²) in [5.41, 5.74) is 4.67. The lowest BCUT2D eigenvalue weighted by Gasteiger charge is -2.18. The fraction of sp³-hybridized carbons (Fsp3) is 0.231. The molecule has 0 unspecified atom stereocenters. The van der Waals surface area contributed by atoms with Crippen molar-refractivity contribution in [1.82, 2.24) is 4.90 Å². The highest BCUT2D eigenvalue weighted by atomic mass is 79.9. The second-order valence-electron chi connectivity index (χ2n) is 6.82. The Bertz CT molecular complexity index is 900. The average Bonchev–Trinajstić information content (AvgIpc) is 2.79. The van der Waals surface area contributed by atoms with Gasteiger partial charge in [0.2, 0.25) is 0 Å². The first-order valence-corrected chi connectivity index (χ1v) is 11.0. The maximum absolute atomic E-state index is 5.96. The molecule has 0 radical (unpaired) electrons. The van der Waals surface area contributed by atoms with Crippen molar-refractivity contribution in [3.63, 3.8) is 0 Å². The van der Waals surface area contributed by atoms with Crippen LogP contribution in [0.3, 0.4) is 0 Å². The van der Waals surface area contributed by atoms with Crippen LogP contribution in [0.2, 0.25) is 0 Å². The molecule has 3 aromatic rings. The van der Waals surface area contributed by atoms with Crippen LogP contribution >= 0.6 is 15.9 Å². The van der Waals surface area contributed by atoms with E-state index in [0.717, 1.165) is 41.0 Å². The molecule has 0 amide bonds. The lowest BCUT2D eigenvalue weighted by atomic mass is 9.95. The number of benzene rings is 3. The predicted molar refractivity (Wildman–Crippen MR) is 127 cm³/mol. The number of rotatable bonds is 9. The molecule has 29 heavy (non-hydrogen) atoms. The molecule has 0 aromatic heterocycles. The van der Waals surface area contributed by atoms with Crippen LogP contribution in [0.5, 0.6) is 5.75 Å². The predicted octanol–water partition coefficient (Wildman–Crippen LogP) is 6.72. The van der Waals surface area contributed by atoms with Gasteiger partial charge in [-0.25, -0.2) is 0 Å². The molecular formula is C26H28BrNO. The summed E-state index contributed by atoms with van der Waals surface area (Å²) in [6, 6.07) is 29.3. The molecule has 2 nitrogen and oxygen atoms in total. The highest BCUT2D eigenvalue weighted by Gasteiger charge is 2.12. The van der Waals surface area contributed by atoms with E-state index in [4.69, 9.17) is 4.74 Å². The molecule has 0 aliphatic heterocycles. The first-order valence-electron chi connectivity index (χ1n) is 10.2.